The van der Waals surface area contributed by atoms with Crippen LogP contribution in [0.1, 0.15) is 35.8 Å². The molecule has 2 aromatic rings. The molecule has 120 valence electrons. The molecule has 0 unspecified atom stereocenters. The first kappa shape index (κ1) is 16.1. The Bertz CT molecular complexity index is 752. The van der Waals surface area contributed by atoms with E-state index >= 15 is 0 Å². The first-order valence-corrected chi connectivity index (χ1v) is 8.75. The lowest BCUT2D eigenvalue weighted by atomic mass is 10.1. The second kappa shape index (κ2) is 6.76. The van der Waals surface area contributed by atoms with E-state index in [-0.39, 0.29) is 11.8 Å². The van der Waals surface area contributed by atoms with Gasteiger partial charge in [0, 0.05) is 10.8 Å². The lowest BCUT2D eigenvalue weighted by Crippen LogP contribution is -2.28. The van der Waals surface area contributed by atoms with Crippen molar-refractivity contribution in [1.29, 1.82) is 0 Å². The van der Waals surface area contributed by atoms with Gasteiger partial charge in [0.05, 0.1) is 29.7 Å². The summed E-state index contributed by atoms with van der Waals surface area (Å²) in [6.45, 7) is 4.84. The van der Waals surface area contributed by atoms with Crippen molar-refractivity contribution in [2.24, 2.45) is 4.99 Å². The number of carbonyl (C=O) groups excluding carboxylic acids is 1. The van der Waals surface area contributed by atoms with Crippen molar-refractivity contribution in [3.63, 3.8) is 0 Å². The van der Waals surface area contributed by atoms with Gasteiger partial charge in [-0.05, 0) is 30.2 Å². The molecule has 1 aromatic heterocycles. The topological polar surface area (TPSA) is 59.3 Å². The number of amides is 1. The highest BCUT2D eigenvalue weighted by Gasteiger charge is 2.22. The molecule has 1 aliphatic heterocycles. The molecule has 0 bridgehead atoms. The summed E-state index contributed by atoms with van der Waals surface area (Å²) >= 11 is 7.50. The number of halogens is 1. The fourth-order valence-electron chi connectivity index (χ4n) is 2.45. The largest absolute Gasteiger partial charge is 0.301 e. The molecule has 1 aromatic carbocycles. The molecule has 0 fully saturated rings. The zero-order valence-electron chi connectivity index (χ0n) is 12.9. The average molecular weight is 349 g/mol. The first-order chi connectivity index (χ1) is 11.1. The third-order valence-electron chi connectivity index (χ3n) is 3.48. The summed E-state index contributed by atoms with van der Waals surface area (Å²) in [5.41, 5.74) is 2.32. The minimum atomic E-state index is -0.165. The van der Waals surface area contributed by atoms with Crippen LogP contribution in [0.4, 0.5) is 0 Å². The van der Waals surface area contributed by atoms with Gasteiger partial charge in [0.15, 0.2) is 5.17 Å². The highest BCUT2D eigenvalue weighted by molar-refractivity contribution is 8.14. The van der Waals surface area contributed by atoms with E-state index in [0.29, 0.717) is 15.8 Å². The monoisotopic (exact) mass is 348 g/mol. The average Bonchev–Trinajstić information content (AvgIpc) is 3.16. The number of nitrogens with zero attached hydrogens (tertiary/aromatic N) is 3. The van der Waals surface area contributed by atoms with Crippen LogP contribution in [0.25, 0.3) is 5.69 Å². The first-order valence-electron chi connectivity index (χ1n) is 7.38. The van der Waals surface area contributed by atoms with Crippen LogP contribution in [0, 0.1) is 0 Å². The highest BCUT2D eigenvalue weighted by atomic mass is 35.5. The summed E-state index contributed by atoms with van der Waals surface area (Å²) in [4.78, 5) is 16.8. The molecule has 0 saturated carbocycles. The number of amidine groups is 1. The molecule has 7 heteroatoms. The van der Waals surface area contributed by atoms with Crippen molar-refractivity contribution in [2.45, 2.75) is 19.8 Å². The molecule has 2 heterocycles. The quantitative estimate of drug-likeness (QED) is 0.923. The molecule has 1 N–H and O–H groups in total. The molecular formula is C16H17ClN4OS. The molecule has 0 saturated heterocycles. The van der Waals surface area contributed by atoms with Crippen LogP contribution < -0.4 is 5.32 Å². The fourth-order valence-corrected chi connectivity index (χ4v) is 3.30. The van der Waals surface area contributed by atoms with Crippen molar-refractivity contribution in [3.8, 4) is 5.69 Å². The number of thioether (sulfide) groups is 1. The van der Waals surface area contributed by atoms with Crippen molar-refractivity contribution < 1.29 is 4.79 Å². The number of hydrogen-bond acceptors (Lipinski definition) is 4. The van der Waals surface area contributed by atoms with E-state index in [4.69, 9.17) is 11.6 Å². The van der Waals surface area contributed by atoms with Crippen LogP contribution in [0.2, 0.25) is 5.02 Å². The molecule has 0 radical (unpaired) electrons. The van der Waals surface area contributed by atoms with Crippen LogP contribution >= 0.6 is 23.4 Å². The Labute approximate surface area is 144 Å². The number of aliphatic imine (C=N–C) groups is 1. The summed E-state index contributed by atoms with van der Waals surface area (Å²) in [5, 5.41) is 8.61. The van der Waals surface area contributed by atoms with Gasteiger partial charge in [-0.3, -0.25) is 9.79 Å². The van der Waals surface area contributed by atoms with Gasteiger partial charge in [-0.1, -0.05) is 37.2 Å². The van der Waals surface area contributed by atoms with Crippen LogP contribution in [0.15, 0.2) is 35.5 Å². The van der Waals surface area contributed by atoms with E-state index in [2.05, 4.69) is 15.4 Å². The Balaban J connectivity index is 1.95. The SMILES string of the molecule is CC(C)c1c(C(=O)NC2=NCCS2)cnn1-c1ccc(Cl)cc1. The molecule has 23 heavy (non-hydrogen) atoms. The van der Waals surface area contributed by atoms with E-state index in [1.54, 1.807) is 22.6 Å². The normalized spacial score (nSPS) is 14.2. The van der Waals surface area contributed by atoms with Crippen molar-refractivity contribution in [2.75, 3.05) is 12.3 Å². The van der Waals surface area contributed by atoms with Crippen LogP contribution in [-0.2, 0) is 0 Å². The number of benzene rings is 1. The second-order valence-corrected chi connectivity index (χ2v) is 7.00. The van der Waals surface area contributed by atoms with E-state index in [9.17, 15) is 4.79 Å². The van der Waals surface area contributed by atoms with E-state index in [0.717, 1.165) is 23.7 Å². The van der Waals surface area contributed by atoms with E-state index < -0.39 is 0 Å². The Hall–Kier alpha value is -1.79. The van der Waals surface area contributed by atoms with E-state index in [1.165, 1.54) is 0 Å². The van der Waals surface area contributed by atoms with Crippen molar-refractivity contribution in [1.82, 2.24) is 15.1 Å². The van der Waals surface area contributed by atoms with Crippen LogP contribution in [0.5, 0.6) is 0 Å². The molecule has 0 aliphatic carbocycles. The molecule has 5 nitrogen and oxygen atoms in total. The maximum atomic E-state index is 12.5. The lowest BCUT2D eigenvalue weighted by Gasteiger charge is -2.13. The number of rotatable bonds is 3. The van der Waals surface area contributed by atoms with Gasteiger partial charge in [0.25, 0.3) is 5.91 Å². The molecular weight excluding hydrogens is 332 g/mol. The number of aromatic nitrogens is 2. The smallest absolute Gasteiger partial charge is 0.260 e. The predicted molar refractivity (Wildman–Crippen MR) is 94.9 cm³/mol. The van der Waals surface area contributed by atoms with Gasteiger partial charge in [-0.15, -0.1) is 0 Å². The minimum Gasteiger partial charge on any atom is -0.301 e. The summed E-state index contributed by atoms with van der Waals surface area (Å²) in [5.74, 6) is 0.894. The summed E-state index contributed by atoms with van der Waals surface area (Å²) < 4.78 is 1.79. The predicted octanol–water partition coefficient (Wildman–Crippen LogP) is 3.48. The molecule has 1 amide bonds. The van der Waals surface area contributed by atoms with Crippen molar-refractivity contribution in [3.05, 3.63) is 46.7 Å². The Morgan fingerprint density at radius 3 is 2.70 bits per heavy atom. The summed E-state index contributed by atoms with van der Waals surface area (Å²) in [6.07, 6.45) is 1.61. The number of hydrogen-bond donors (Lipinski definition) is 1. The van der Waals surface area contributed by atoms with Gasteiger partial charge in [-0.2, -0.15) is 5.10 Å². The zero-order valence-corrected chi connectivity index (χ0v) is 14.5. The maximum Gasteiger partial charge on any atom is 0.260 e. The zero-order chi connectivity index (χ0) is 16.4. The maximum absolute atomic E-state index is 12.5. The Kier molecular flexibility index (Phi) is 4.73. The number of carbonyl (C=O) groups is 1. The lowest BCUT2D eigenvalue weighted by molar-refractivity contribution is 0.0976. The number of nitrogens with one attached hydrogen (secondary N) is 1. The standard InChI is InChI=1S/C16H17ClN4OS/c1-10(2)14-13(15(22)20-16-18-7-8-23-16)9-19-21(14)12-5-3-11(17)4-6-12/h3-6,9-10H,7-8H2,1-2H3,(H,18,20,22). The molecule has 3 rings (SSSR count). The van der Waals surface area contributed by atoms with E-state index in [1.807, 2.05) is 38.1 Å². The Morgan fingerprint density at radius 1 is 1.35 bits per heavy atom. The van der Waals surface area contributed by atoms with Crippen LogP contribution in [0.3, 0.4) is 0 Å². The fraction of sp³-hybridized carbons (Fsp3) is 0.312. The third kappa shape index (κ3) is 3.43. The summed E-state index contributed by atoms with van der Waals surface area (Å²) in [7, 11) is 0. The van der Waals surface area contributed by atoms with Gasteiger partial charge >= 0.3 is 0 Å². The third-order valence-corrected chi connectivity index (χ3v) is 4.62. The summed E-state index contributed by atoms with van der Waals surface area (Å²) in [6, 6.07) is 7.40. The minimum absolute atomic E-state index is 0.145. The molecule has 1 aliphatic rings. The van der Waals surface area contributed by atoms with Gasteiger partial charge in [-0.25, -0.2) is 4.68 Å². The van der Waals surface area contributed by atoms with Crippen LogP contribution in [-0.4, -0.2) is 33.2 Å². The van der Waals surface area contributed by atoms with Gasteiger partial charge < -0.3 is 5.32 Å². The van der Waals surface area contributed by atoms with Crippen molar-refractivity contribution >= 4 is 34.4 Å². The van der Waals surface area contributed by atoms with Gasteiger partial charge in [0.2, 0.25) is 0 Å². The highest BCUT2D eigenvalue weighted by Crippen LogP contribution is 2.24. The molecule has 0 spiro atoms. The van der Waals surface area contributed by atoms with Gasteiger partial charge in [0.1, 0.15) is 0 Å². The molecule has 0 atom stereocenters. The second-order valence-electron chi connectivity index (χ2n) is 5.48. The Morgan fingerprint density at radius 2 is 2.09 bits per heavy atom.